The molecule has 2 aromatic carbocycles. The predicted octanol–water partition coefficient (Wildman–Crippen LogP) is 3.47. The van der Waals surface area contributed by atoms with Crippen LogP contribution < -0.4 is 0 Å². The first-order valence-electron chi connectivity index (χ1n) is 9.30. The third kappa shape index (κ3) is 4.58. The maximum atomic E-state index is 12.9. The minimum absolute atomic E-state index is 0.0306. The molecule has 30 heavy (non-hydrogen) atoms. The molecule has 3 rings (SSSR count). The van der Waals surface area contributed by atoms with Gasteiger partial charge < -0.3 is 9.26 Å². The average molecular weight is 429 g/mol. The summed E-state index contributed by atoms with van der Waals surface area (Å²) in [7, 11) is -1.23. The molecule has 9 heteroatoms. The monoisotopic (exact) mass is 429 g/mol. The van der Waals surface area contributed by atoms with Crippen LogP contribution in [0.1, 0.15) is 41.6 Å². The van der Waals surface area contributed by atoms with E-state index in [-0.39, 0.29) is 22.9 Å². The fraction of sp³-hybridized carbons (Fsp3) is 0.286. The second-order valence-electron chi connectivity index (χ2n) is 7.07. The molecule has 3 aromatic rings. The molecule has 0 amide bonds. The minimum Gasteiger partial charge on any atom is -0.465 e. The summed E-state index contributed by atoms with van der Waals surface area (Å²) in [6.07, 6.45) is 0. The summed E-state index contributed by atoms with van der Waals surface area (Å²) in [5, 5.41) is 3.95. The molecular weight excluding hydrogens is 406 g/mol. The smallest absolute Gasteiger partial charge is 0.337 e. The van der Waals surface area contributed by atoms with Gasteiger partial charge in [-0.3, -0.25) is 0 Å². The molecule has 1 aromatic heterocycles. The van der Waals surface area contributed by atoms with Crippen molar-refractivity contribution in [1.29, 1.82) is 0 Å². The highest BCUT2D eigenvalue weighted by Crippen LogP contribution is 2.22. The zero-order chi connectivity index (χ0) is 21.9. The van der Waals surface area contributed by atoms with Crippen molar-refractivity contribution in [1.82, 2.24) is 14.4 Å². The molecule has 0 unspecified atom stereocenters. The van der Waals surface area contributed by atoms with Crippen molar-refractivity contribution in [3.05, 3.63) is 65.5 Å². The number of nitrogens with zero attached hydrogens (tertiary/aromatic N) is 3. The molecule has 0 aliphatic rings. The second-order valence-corrected chi connectivity index (χ2v) is 9.11. The fourth-order valence-electron chi connectivity index (χ4n) is 2.81. The Bertz CT molecular complexity index is 1140. The first kappa shape index (κ1) is 21.7. The molecular formula is C21H23N3O5S. The van der Waals surface area contributed by atoms with E-state index in [2.05, 4.69) is 28.7 Å². The largest absolute Gasteiger partial charge is 0.465 e. The molecule has 0 aliphatic carbocycles. The summed E-state index contributed by atoms with van der Waals surface area (Å²) in [6.45, 7) is 4.11. The summed E-state index contributed by atoms with van der Waals surface area (Å²) in [5.74, 6) is 0.350. The van der Waals surface area contributed by atoms with Gasteiger partial charge in [0.15, 0.2) is 0 Å². The van der Waals surface area contributed by atoms with Crippen LogP contribution >= 0.6 is 0 Å². The molecule has 0 spiro atoms. The number of aromatic nitrogens is 2. The van der Waals surface area contributed by atoms with Gasteiger partial charge >= 0.3 is 5.97 Å². The van der Waals surface area contributed by atoms with E-state index in [9.17, 15) is 13.2 Å². The Morgan fingerprint density at radius 2 is 1.87 bits per heavy atom. The van der Waals surface area contributed by atoms with Gasteiger partial charge in [0.1, 0.15) is 0 Å². The van der Waals surface area contributed by atoms with Crippen LogP contribution in [0.25, 0.3) is 11.4 Å². The van der Waals surface area contributed by atoms with Gasteiger partial charge in [0.2, 0.25) is 21.7 Å². The predicted molar refractivity (Wildman–Crippen MR) is 110 cm³/mol. The van der Waals surface area contributed by atoms with Crippen molar-refractivity contribution in [2.75, 3.05) is 14.2 Å². The maximum Gasteiger partial charge on any atom is 0.337 e. The number of methoxy groups -OCH3 is 1. The summed E-state index contributed by atoms with van der Waals surface area (Å²) in [4.78, 5) is 16.0. The van der Waals surface area contributed by atoms with Gasteiger partial charge in [-0.2, -0.15) is 9.29 Å². The number of carbonyl (C=O) groups is 1. The lowest BCUT2D eigenvalue weighted by Crippen LogP contribution is -2.26. The molecule has 0 aliphatic heterocycles. The maximum absolute atomic E-state index is 12.9. The minimum atomic E-state index is -3.87. The molecule has 1 heterocycles. The van der Waals surface area contributed by atoms with Crippen LogP contribution in [0.2, 0.25) is 0 Å². The summed E-state index contributed by atoms with van der Waals surface area (Å²) in [6, 6.07) is 13.5. The first-order chi connectivity index (χ1) is 14.2. The molecule has 0 N–H and O–H groups in total. The first-order valence-corrected chi connectivity index (χ1v) is 10.7. The van der Waals surface area contributed by atoms with Gasteiger partial charge in [0.05, 0.1) is 24.1 Å². The zero-order valence-corrected chi connectivity index (χ0v) is 18.0. The van der Waals surface area contributed by atoms with E-state index < -0.39 is 16.0 Å². The van der Waals surface area contributed by atoms with Crippen LogP contribution in [0.15, 0.2) is 57.9 Å². The van der Waals surface area contributed by atoms with E-state index in [1.807, 2.05) is 24.3 Å². The van der Waals surface area contributed by atoms with Crippen LogP contribution in [0, 0.1) is 0 Å². The Hall–Kier alpha value is -3.04. The SMILES string of the molecule is COC(=O)c1cccc(S(=O)(=O)N(C)Cc2nc(-c3ccc(C(C)C)cc3)no2)c1. The van der Waals surface area contributed by atoms with Crippen molar-refractivity contribution in [3.8, 4) is 11.4 Å². The van der Waals surface area contributed by atoms with Crippen molar-refractivity contribution >= 4 is 16.0 Å². The van der Waals surface area contributed by atoms with Crippen LogP contribution in [0.5, 0.6) is 0 Å². The molecule has 0 saturated carbocycles. The van der Waals surface area contributed by atoms with E-state index in [4.69, 9.17) is 4.52 Å². The summed E-state index contributed by atoms with van der Waals surface area (Å²) in [5.41, 5.74) is 2.13. The van der Waals surface area contributed by atoms with E-state index in [0.717, 1.165) is 9.87 Å². The van der Waals surface area contributed by atoms with Crippen molar-refractivity contribution < 1.29 is 22.5 Å². The van der Waals surface area contributed by atoms with Gasteiger partial charge in [-0.1, -0.05) is 49.3 Å². The number of ether oxygens (including phenoxy) is 1. The number of esters is 1. The topological polar surface area (TPSA) is 103 Å². The second kappa shape index (κ2) is 8.76. The van der Waals surface area contributed by atoms with Gasteiger partial charge in [-0.25, -0.2) is 13.2 Å². The lowest BCUT2D eigenvalue weighted by Gasteiger charge is -2.15. The lowest BCUT2D eigenvalue weighted by molar-refractivity contribution is 0.0600. The molecule has 0 radical (unpaired) electrons. The third-order valence-electron chi connectivity index (χ3n) is 4.62. The van der Waals surface area contributed by atoms with Crippen molar-refractivity contribution in [2.24, 2.45) is 0 Å². The summed E-state index contributed by atoms with van der Waals surface area (Å²) >= 11 is 0. The van der Waals surface area contributed by atoms with E-state index in [0.29, 0.717) is 11.7 Å². The molecule has 158 valence electrons. The van der Waals surface area contributed by atoms with E-state index >= 15 is 0 Å². The lowest BCUT2D eigenvalue weighted by atomic mass is 10.0. The molecule has 0 bridgehead atoms. The highest BCUT2D eigenvalue weighted by atomic mass is 32.2. The van der Waals surface area contributed by atoms with Crippen molar-refractivity contribution in [3.63, 3.8) is 0 Å². The summed E-state index contributed by atoms with van der Waals surface area (Å²) < 4.78 is 36.7. The molecule has 0 atom stereocenters. The molecule has 8 nitrogen and oxygen atoms in total. The Morgan fingerprint density at radius 1 is 1.17 bits per heavy atom. The Kier molecular flexibility index (Phi) is 6.33. The van der Waals surface area contributed by atoms with Gasteiger partial charge in [0.25, 0.3) is 0 Å². The Balaban J connectivity index is 1.77. The van der Waals surface area contributed by atoms with Gasteiger partial charge in [0, 0.05) is 12.6 Å². The molecule has 0 saturated heterocycles. The van der Waals surface area contributed by atoms with E-state index in [1.54, 1.807) is 0 Å². The van der Waals surface area contributed by atoms with Crippen molar-refractivity contribution in [2.45, 2.75) is 31.2 Å². The number of rotatable bonds is 7. The van der Waals surface area contributed by atoms with Crippen LogP contribution in [0.3, 0.4) is 0 Å². The van der Waals surface area contributed by atoms with Crippen LogP contribution in [-0.4, -0.2) is 43.0 Å². The van der Waals surface area contributed by atoms with E-state index in [1.165, 1.54) is 44.0 Å². The number of sulfonamides is 1. The highest BCUT2D eigenvalue weighted by molar-refractivity contribution is 7.89. The van der Waals surface area contributed by atoms with Crippen LogP contribution in [0.4, 0.5) is 0 Å². The Labute approximate surface area is 175 Å². The highest BCUT2D eigenvalue weighted by Gasteiger charge is 2.24. The van der Waals surface area contributed by atoms with Crippen LogP contribution in [-0.2, 0) is 21.3 Å². The quantitative estimate of drug-likeness (QED) is 0.530. The standard InChI is InChI=1S/C21H23N3O5S/c1-14(2)15-8-10-16(11-9-15)20-22-19(29-23-20)13-24(3)30(26,27)18-7-5-6-17(12-18)21(25)28-4/h5-12,14H,13H2,1-4H3. The number of hydrogen-bond donors (Lipinski definition) is 0. The number of hydrogen-bond acceptors (Lipinski definition) is 7. The third-order valence-corrected chi connectivity index (χ3v) is 6.42. The Morgan fingerprint density at radius 3 is 2.50 bits per heavy atom. The molecule has 0 fully saturated rings. The zero-order valence-electron chi connectivity index (χ0n) is 17.2. The average Bonchev–Trinajstić information content (AvgIpc) is 3.21. The normalized spacial score (nSPS) is 11.8. The van der Waals surface area contributed by atoms with Gasteiger partial charge in [-0.15, -0.1) is 0 Å². The fourth-order valence-corrected chi connectivity index (χ4v) is 3.98. The van der Waals surface area contributed by atoms with Gasteiger partial charge in [-0.05, 0) is 29.7 Å². The number of carbonyl (C=O) groups excluding carboxylic acids is 1. The number of benzene rings is 2.